The second-order valence-corrected chi connectivity index (χ2v) is 5.02. The zero-order valence-corrected chi connectivity index (χ0v) is 10.3. The first-order valence-electron chi connectivity index (χ1n) is 5.43. The van der Waals surface area contributed by atoms with E-state index >= 15 is 0 Å². The zero-order chi connectivity index (χ0) is 11.3. The standard InChI is InChI=1S/C11H19NO2S/c1-9(13)8-10-4-3-6-12(10)11(14)5-7-15-2/h10H,3-8H2,1-2H3. The molecule has 1 amide bonds. The van der Waals surface area contributed by atoms with Crippen LogP contribution in [0.4, 0.5) is 0 Å². The molecular formula is C11H19NO2S. The highest BCUT2D eigenvalue weighted by molar-refractivity contribution is 7.98. The van der Waals surface area contributed by atoms with E-state index in [0.717, 1.165) is 25.1 Å². The molecule has 0 aliphatic carbocycles. The predicted molar refractivity (Wildman–Crippen MR) is 63.0 cm³/mol. The van der Waals surface area contributed by atoms with Gasteiger partial charge in [0, 0.05) is 31.2 Å². The van der Waals surface area contributed by atoms with E-state index in [1.54, 1.807) is 18.7 Å². The summed E-state index contributed by atoms with van der Waals surface area (Å²) < 4.78 is 0. The van der Waals surface area contributed by atoms with Crippen LogP contribution in [0.15, 0.2) is 0 Å². The number of nitrogens with zero attached hydrogens (tertiary/aromatic N) is 1. The number of carbonyl (C=O) groups is 2. The van der Waals surface area contributed by atoms with Gasteiger partial charge in [0.1, 0.15) is 5.78 Å². The molecule has 15 heavy (non-hydrogen) atoms. The molecule has 1 rings (SSSR count). The van der Waals surface area contributed by atoms with Crippen molar-refractivity contribution in [1.82, 2.24) is 4.90 Å². The molecule has 0 aromatic carbocycles. The maximum atomic E-state index is 11.8. The van der Waals surface area contributed by atoms with E-state index in [9.17, 15) is 9.59 Å². The Morgan fingerprint density at radius 3 is 2.80 bits per heavy atom. The van der Waals surface area contributed by atoms with Crippen molar-refractivity contribution < 1.29 is 9.59 Å². The topological polar surface area (TPSA) is 37.4 Å². The van der Waals surface area contributed by atoms with Crippen molar-refractivity contribution >= 4 is 23.5 Å². The highest BCUT2D eigenvalue weighted by Crippen LogP contribution is 2.21. The third-order valence-corrected chi connectivity index (χ3v) is 3.35. The predicted octanol–water partition coefficient (Wildman–Crippen LogP) is 1.71. The van der Waals surface area contributed by atoms with Crippen molar-refractivity contribution in [1.29, 1.82) is 0 Å². The summed E-state index contributed by atoms with van der Waals surface area (Å²) in [6.45, 7) is 2.44. The van der Waals surface area contributed by atoms with Gasteiger partial charge in [-0.05, 0) is 26.0 Å². The quantitative estimate of drug-likeness (QED) is 0.720. The summed E-state index contributed by atoms with van der Waals surface area (Å²) in [7, 11) is 0. The summed E-state index contributed by atoms with van der Waals surface area (Å²) in [5.41, 5.74) is 0. The van der Waals surface area contributed by atoms with Crippen LogP contribution in [0.2, 0.25) is 0 Å². The number of carbonyl (C=O) groups excluding carboxylic acids is 2. The molecule has 1 saturated heterocycles. The third kappa shape index (κ3) is 3.86. The normalized spacial score (nSPS) is 20.7. The van der Waals surface area contributed by atoms with Gasteiger partial charge in [-0.15, -0.1) is 0 Å². The largest absolute Gasteiger partial charge is 0.339 e. The van der Waals surface area contributed by atoms with Gasteiger partial charge in [0.25, 0.3) is 0 Å². The summed E-state index contributed by atoms with van der Waals surface area (Å²) in [5, 5.41) is 0. The van der Waals surface area contributed by atoms with Crippen LogP contribution in [0.1, 0.15) is 32.6 Å². The van der Waals surface area contributed by atoms with Gasteiger partial charge in [0.05, 0.1) is 0 Å². The summed E-state index contributed by atoms with van der Waals surface area (Å²) in [5.74, 6) is 1.28. The van der Waals surface area contributed by atoms with Crippen LogP contribution in [0.25, 0.3) is 0 Å². The molecule has 0 bridgehead atoms. The van der Waals surface area contributed by atoms with Crippen molar-refractivity contribution in [2.24, 2.45) is 0 Å². The molecule has 1 heterocycles. The molecule has 0 N–H and O–H groups in total. The fourth-order valence-corrected chi connectivity index (χ4v) is 2.42. The highest BCUT2D eigenvalue weighted by Gasteiger charge is 2.28. The minimum Gasteiger partial charge on any atom is -0.339 e. The number of thioether (sulfide) groups is 1. The lowest BCUT2D eigenvalue weighted by Gasteiger charge is -2.23. The number of likely N-dealkylation sites (tertiary alicyclic amines) is 1. The number of amides is 1. The SMILES string of the molecule is CSCCC(=O)N1CCCC1CC(C)=O. The molecule has 0 saturated carbocycles. The Kier molecular flexibility index (Phi) is 5.15. The smallest absolute Gasteiger partial charge is 0.223 e. The summed E-state index contributed by atoms with van der Waals surface area (Å²) in [6.07, 6.45) is 5.18. The average molecular weight is 229 g/mol. The van der Waals surface area contributed by atoms with Gasteiger partial charge in [0.15, 0.2) is 0 Å². The van der Waals surface area contributed by atoms with E-state index < -0.39 is 0 Å². The zero-order valence-electron chi connectivity index (χ0n) is 9.49. The number of ketones is 1. The van der Waals surface area contributed by atoms with Gasteiger partial charge in [-0.25, -0.2) is 0 Å². The second-order valence-electron chi connectivity index (χ2n) is 4.03. The molecule has 0 aromatic rings. The highest BCUT2D eigenvalue weighted by atomic mass is 32.2. The maximum absolute atomic E-state index is 11.8. The Bertz CT molecular complexity index is 243. The maximum Gasteiger partial charge on any atom is 0.223 e. The number of rotatable bonds is 5. The summed E-state index contributed by atoms with van der Waals surface area (Å²) in [4.78, 5) is 24.7. The van der Waals surface area contributed by atoms with Gasteiger partial charge in [-0.2, -0.15) is 11.8 Å². The first kappa shape index (κ1) is 12.6. The molecule has 1 atom stereocenters. The Labute approximate surface area is 95.6 Å². The van der Waals surface area contributed by atoms with E-state index in [0.29, 0.717) is 12.8 Å². The van der Waals surface area contributed by atoms with Crippen molar-refractivity contribution in [2.45, 2.75) is 38.6 Å². The molecule has 1 aliphatic heterocycles. The van der Waals surface area contributed by atoms with Crippen LogP contribution < -0.4 is 0 Å². The van der Waals surface area contributed by atoms with Gasteiger partial charge in [-0.3, -0.25) is 9.59 Å². The molecule has 1 aliphatic rings. The molecule has 86 valence electrons. The van der Waals surface area contributed by atoms with E-state index in [4.69, 9.17) is 0 Å². The Balaban J connectivity index is 2.44. The molecular weight excluding hydrogens is 210 g/mol. The molecule has 1 fully saturated rings. The van der Waals surface area contributed by atoms with Crippen molar-refractivity contribution in [3.05, 3.63) is 0 Å². The summed E-state index contributed by atoms with van der Waals surface area (Å²) in [6, 6.07) is 0.178. The monoisotopic (exact) mass is 229 g/mol. The van der Waals surface area contributed by atoms with E-state index in [2.05, 4.69) is 0 Å². The average Bonchev–Trinajstić information content (AvgIpc) is 2.61. The van der Waals surface area contributed by atoms with Crippen LogP contribution >= 0.6 is 11.8 Å². The van der Waals surface area contributed by atoms with Gasteiger partial charge in [-0.1, -0.05) is 0 Å². The molecule has 0 aromatic heterocycles. The van der Waals surface area contributed by atoms with Gasteiger partial charge >= 0.3 is 0 Å². The molecule has 3 nitrogen and oxygen atoms in total. The van der Waals surface area contributed by atoms with Crippen LogP contribution in [0.3, 0.4) is 0 Å². The second kappa shape index (κ2) is 6.16. The first-order chi connectivity index (χ1) is 7.15. The van der Waals surface area contributed by atoms with Crippen LogP contribution in [0.5, 0.6) is 0 Å². The number of hydrogen-bond acceptors (Lipinski definition) is 3. The lowest BCUT2D eigenvalue weighted by molar-refractivity contribution is -0.132. The van der Waals surface area contributed by atoms with Gasteiger partial charge < -0.3 is 4.90 Å². The number of hydrogen-bond donors (Lipinski definition) is 0. The molecule has 0 radical (unpaired) electrons. The van der Waals surface area contributed by atoms with E-state index in [1.165, 1.54) is 0 Å². The minimum absolute atomic E-state index is 0.178. The Morgan fingerprint density at radius 2 is 2.20 bits per heavy atom. The Morgan fingerprint density at radius 1 is 1.47 bits per heavy atom. The third-order valence-electron chi connectivity index (χ3n) is 2.74. The van der Waals surface area contributed by atoms with Crippen molar-refractivity contribution in [3.8, 4) is 0 Å². The molecule has 0 spiro atoms. The number of Topliss-reactive ketones (excluding diaryl/α,β-unsaturated/α-hetero) is 1. The van der Waals surface area contributed by atoms with Crippen LogP contribution in [-0.4, -0.2) is 41.2 Å². The van der Waals surface area contributed by atoms with Crippen LogP contribution in [-0.2, 0) is 9.59 Å². The lowest BCUT2D eigenvalue weighted by Crippen LogP contribution is -2.36. The van der Waals surface area contributed by atoms with E-state index in [-0.39, 0.29) is 17.7 Å². The first-order valence-corrected chi connectivity index (χ1v) is 6.82. The molecule has 4 heteroatoms. The Hall–Kier alpha value is -0.510. The molecule has 1 unspecified atom stereocenters. The fourth-order valence-electron chi connectivity index (χ4n) is 2.04. The minimum atomic E-state index is 0.178. The lowest BCUT2D eigenvalue weighted by atomic mass is 10.1. The fraction of sp³-hybridized carbons (Fsp3) is 0.818. The van der Waals surface area contributed by atoms with E-state index in [1.807, 2.05) is 11.2 Å². The van der Waals surface area contributed by atoms with Crippen molar-refractivity contribution in [2.75, 3.05) is 18.6 Å². The summed E-state index contributed by atoms with van der Waals surface area (Å²) >= 11 is 1.69. The van der Waals surface area contributed by atoms with Crippen molar-refractivity contribution in [3.63, 3.8) is 0 Å². The van der Waals surface area contributed by atoms with Crippen LogP contribution in [0, 0.1) is 0 Å². The van der Waals surface area contributed by atoms with Gasteiger partial charge in [0.2, 0.25) is 5.91 Å².